The average molecular weight is 222 g/mol. The van der Waals surface area contributed by atoms with Crippen molar-refractivity contribution < 1.29 is 4.74 Å². The highest BCUT2D eigenvalue weighted by Gasteiger charge is 1.88. The fourth-order valence-corrected chi connectivity index (χ4v) is 0.919. The van der Waals surface area contributed by atoms with E-state index in [0.717, 1.165) is 37.0 Å². The Hall–Kier alpha value is 0.140. The predicted octanol–water partition coefficient (Wildman–Crippen LogP) is 1.91. The highest BCUT2D eigenvalue weighted by Crippen LogP contribution is 1.96. The number of halogens is 1. The van der Waals surface area contributed by atoms with Crippen LogP contribution in [0, 0.1) is 0 Å². The van der Waals surface area contributed by atoms with Crippen LogP contribution in [-0.4, -0.2) is 26.8 Å². The molecule has 0 amide bonds. The van der Waals surface area contributed by atoms with Crippen molar-refractivity contribution in [1.29, 1.82) is 0 Å². The van der Waals surface area contributed by atoms with Crippen LogP contribution in [0.4, 0.5) is 0 Å². The van der Waals surface area contributed by atoms with Crippen LogP contribution in [0.15, 0.2) is 11.1 Å². The molecule has 66 valence electrons. The Kier molecular flexibility index (Phi) is 8.34. The van der Waals surface area contributed by atoms with Crippen LogP contribution >= 0.6 is 15.9 Å². The van der Waals surface area contributed by atoms with Gasteiger partial charge in [0.25, 0.3) is 0 Å². The molecule has 0 aliphatic carbocycles. The van der Waals surface area contributed by atoms with Crippen LogP contribution in [-0.2, 0) is 4.74 Å². The number of hydrogen-bond donors (Lipinski definition) is 1. The fourth-order valence-electron chi connectivity index (χ4n) is 0.720. The number of rotatable bonds is 7. The Morgan fingerprint density at radius 3 is 2.82 bits per heavy atom. The minimum Gasteiger partial charge on any atom is -0.385 e. The molecule has 1 N–H and O–H groups in total. The maximum atomic E-state index is 4.91. The van der Waals surface area contributed by atoms with Gasteiger partial charge >= 0.3 is 0 Å². The lowest BCUT2D eigenvalue weighted by molar-refractivity contribution is 0.193. The molecule has 0 rings (SSSR count). The van der Waals surface area contributed by atoms with Gasteiger partial charge < -0.3 is 10.1 Å². The van der Waals surface area contributed by atoms with Gasteiger partial charge in [0.1, 0.15) is 0 Å². The summed E-state index contributed by atoms with van der Waals surface area (Å²) in [6, 6.07) is 0. The van der Waals surface area contributed by atoms with Crippen molar-refractivity contribution in [3.05, 3.63) is 11.1 Å². The third kappa shape index (κ3) is 10.1. The average Bonchev–Trinajstić information content (AvgIpc) is 1.96. The smallest absolute Gasteiger partial charge is 0.0462 e. The van der Waals surface area contributed by atoms with Crippen LogP contribution in [0.3, 0.4) is 0 Å². The molecule has 0 bridgehead atoms. The molecule has 0 aromatic heterocycles. The van der Waals surface area contributed by atoms with E-state index in [1.807, 2.05) is 0 Å². The Morgan fingerprint density at radius 2 is 2.27 bits per heavy atom. The molecule has 0 unspecified atom stereocenters. The molecule has 0 fully saturated rings. The minimum absolute atomic E-state index is 0.854. The monoisotopic (exact) mass is 221 g/mol. The summed E-state index contributed by atoms with van der Waals surface area (Å²) >= 11 is 3.28. The Morgan fingerprint density at radius 1 is 1.55 bits per heavy atom. The van der Waals surface area contributed by atoms with Crippen molar-refractivity contribution in [2.24, 2.45) is 0 Å². The van der Waals surface area contributed by atoms with Gasteiger partial charge in [0.2, 0.25) is 0 Å². The van der Waals surface area contributed by atoms with Gasteiger partial charge in [-0.25, -0.2) is 0 Å². The van der Waals surface area contributed by atoms with Gasteiger partial charge in [-0.15, -0.1) is 0 Å². The lowest BCUT2D eigenvalue weighted by Crippen LogP contribution is -2.16. The molecule has 0 radical (unpaired) electrons. The van der Waals surface area contributed by atoms with Crippen molar-refractivity contribution in [3.63, 3.8) is 0 Å². The first kappa shape index (κ1) is 11.1. The number of methoxy groups -OCH3 is 1. The molecule has 0 saturated carbocycles. The Balaban J connectivity index is 2.85. The van der Waals surface area contributed by atoms with Crippen molar-refractivity contribution in [2.75, 3.05) is 26.8 Å². The van der Waals surface area contributed by atoms with E-state index in [1.165, 1.54) is 0 Å². The second-order valence-electron chi connectivity index (χ2n) is 2.39. The first-order chi connectivity index (χ1) is 5.27. The molecule has 0 heterocycles. The number of ether oxygens (including phenoxy) is 1. The molecule has 0 aromatic rings. The van der Waals surface area contributed by atoms with E-state index >= 15 is 0 Å². The molecular formula is C8H16BrNO. The molecule has 0 aliphatic heterocycles. The second kappa shape index (κ2) is 8.24. The lowest BCUT2D eigenvalue weighted by Gasteiger charge is -2.02. The molecule has 0 aliphatic rings. The maximum Gasteiger partial charge on any atom is 0.0462 e. The molecule has 0 atom stereocenters. The van der Waals surface area contributed by atoms with E-state index in [9.17, 15) is 0 Å². The van der Waals surface area contributed by atoms with Gasteiger partial charge in [0, 0.05) is 24.7 Å². The van der Waals surface area contributed by atoms with Crippen LogP contribution in [0.25, 0.3) is 0 Å². The molecule has 0 aromatic carbocycles. The summed E-state index contributed by atoms with van der Waals surface area (Å²) in [7, 11) is 1.73. The summed E-state index contributed by atoms with van der Waals surface area (Å²) < 4.78 is 5.92. The van der Waals surface area contributed by atoms with Gasteiger partial charge in [-0.05, 0) is 19.4 Å². The molecule has 2 nitrogen and oxygen atoms in total. The van der Waals surface area contributed by atoms with Crippen molar-refractivity contribution in [2.45, 2.75) is 12.8 Å². The maximum absolute atomic E-state index is 4.91. The standard InChI is InChI=1S/C8H16BrNO/c1-8(9)7-10-5-3-4-6-11-2/h10H,1,3-7H2,2H3. The summed E-state index contributed by atoms with van der Waals surface area (Å²) in [5.74, 6) is 0. The van der Waals surface area contributed by atoms with E-state index in [-0.39, 0.29) is 0 Å². The fraction of sp³-hybridized carbons (Fsp3) is 0.750. The largest absolute Gasteiger partial charge is 0.385 e. The van der Waals surface area contributed by atoms with Crippen LogP contribution in [0.1, 0.15) is 12.8 Å². The summed E-state index contributed by atoms with van der Waals surface area (Å²) in [5, 5.41) is 3.24. The van der Waals surface area contributed by atoms with Gasteiger partial charge in [0.05, 0.1) is 0 Å². The van der Waals surface area contributed by atoms with Crippen LogP contribution in [0.2, 0.25) is 0 Å². The normalized spacial score (nSPS) is 10.0. The Labute approximate surface area is 77.1 Å². The topological polar surface area (TPSA) is 21.3 Å². The number of hydrogen-bond acceptors (Lipinski definition) is 2. The number of unbranched alkanes of at least 4 members (excludes halogenated alkanes) is 1. The van der Waals surface area contributed by atoms with Crippen molar-refractivity contribution >= 4 is 15.9 Å². The molecule has 3 heteroatoms. The molecule has 0 spiro atoms. The SMILES string of the molecule is C=C(Br)CNCCCCOC. The number of nitrogens with one attached hydrogen (secondary N) is 1. The van der Waals surface area contributed by atoms with Crippen molar-refractivity contribution in [1.82, 2.24) is 5.32 Å². The van der Waals surface area contributed by atoms with Crippen LogP contribution < -0.4 is 5.32 Å². The first-order valence-corrected chi connectivity index (χ1v) is 4.59. The zero-order valence-electron chi connectivity index (χ0n) is 7.03. The van der Waals surface area contributed by atoms with E-state index in [0.29, 0.717) is 0 Å². The summed E-state index contributed by atoms with van der Waals surface area (Å²) in [4.78, 5) is 0. The zero-order valence-corrected chi connectivity index (χ0v) is 8.61. The molecule has 11 heavy (non-hydrogen) atoms. The van der Waals surface area contributed by atoms with Gasteiger partial charge in [-0.1, -0.05) is 22.5 Å². The zero-order chi connectivity index (χ0) is 8.53. The molecule has 0 saturated heterocycles. The third-order valence-electron chi connectivity index (χ3n) is 1.27. The minimum atomic E-state index is 0.854. The third-order valence-corrected chi connectivity index (χ3v) is 1.55. The lowest BCUT2D eigenvalue weighted by atomic mass is 10.3. The summed E-state index contributed by atoms with van der Waals surface area (Å²) in [5.41, 5.74) is 0. The van der Waals surface area contributed by atoms with E-state index in [2.05, 4.69) is 27.8 Å². The van der Waals surface area contributed by atoms with Crippen molar-refractivity contribution in [3.8, 4) is 0 Å². The van der Waals surface area contributed by atoms with Gasteiger partial charge in [0.15, 0.2) is 0 Å². The second-order valence-corrected chi connectivity index (χ2v) is 3.52. The quantitative estimate of drug-likeness (QED) is 0.664. The van der Waals surface area contributed by atoms with E-state index in [4.69, 9.17) is 4.74 Å². The highest BCUT2D eigenvalue weighted by molar-refractivity contribution is 9.11. The molecular weight excluding hydrogens is 206 g/mol. The van der Waals surface area contributed by atoms with E-state index < -0.39 is 0 Å². The van der Waals surface area contributed by atoms with E-state index in [1.54, 1.807) is 7.11 Å². The summed E-state index contributed by atoms with van der Waals surface area (Å²) in [6.45, 7) is 6.47. The first-order valence-electron chi connectivity index (χ1n) is 3.80. The van der Waals surface area contributed by atoms with Gasteiger partial charge in [-0.2, -0.15) is 0 Å². The predicted molar refractivity (Wildman–Crippen MR) is 52.0 cm³/mol. The van der Waals surface area contributed by atoms with Gasteiger partial charge in [-0.3, -0.25) is 0 Å². The van der Waals surface area contributed by atoms with Crippen LogP contribution in [0.5, 0.6) is 0 Å². The Bertz CT molecular complexity index is 106. The summed E-state index contributed by atoms with van der Waals surface area (Å²) in [6.07, 6.45) is 2.28. The highest BCUT2D eigenvalue weighted by atomic mass is 79.9.